The van der Waals surface area contributed by atoms with Crippen LogP contribution in [0.25, 0.3) is 0 Å². The molecule has 1 atom stereocenters. The first-order chi connectivity index (χ1) is 14.1. The normalized spacial score (nSPS) is 16.7. The first-order valence-electron chi connectivity index (χ1n) is 10.4. The number of nitrogens with zero attached hydrogens (tertiary/aromatic N) is 2. The first-order valence-corrected chi connectivity index (χ1v) is 10.8. The van der Waals surface area contributed by atoms with Gasteiger partial charge >= 0.3 is 0 Å². The summed E-state index contributed by atoms with van der Waals surface area (Å²) in [5, 5.41) is 14.5. The molecule has 6 heteroatoms. The molecule has 0 aromatic heterocycles. The standard InChI is InChI=1S/C23H32ClN3O2/c1-2-26-10-12-27(13-11-26)17-21(28)18-29-22-8-5-6-19(14-22)15-25-16-20-7-3-4-9-23(20)24/h3-9,14,21,25,28H,2,10-13,15-18H2,1H3/t21-/m1/s1. The maximum atomic E-state index is 10.3. The lowest BCUT2D eigenvalue weighted by molar-refractivity contribution is 0.0471. The van der Waals surface area contributed by atoms with Crippen LogP contribution in [0, 0.1) is 0 Å². The van der Waals surface area contributed by atoms with E-state index >= 15 is 0 Å². The summed E-state index contributed by atoms with van der Waals surface area (Å²) in [5.74, 6) is 0.789. The van der Waals surface area contributed by atoms with Crippen molar-refractivity contribution in [3.8, 4) is 5.75 Å². The zero-order valence-electron chi connectivity index (χ0n) is 17.2. The number of aliphatic hydroxyl groups is 1. The van der Waals surface area contributed by atoms with Crippen LogP contribution >= 0.6 is 11.6 Å². The molecule has 2 N–H and O–H groups in total. The molecular weight excluding hydrogens is 386 g/mol. The molecule has 1 saturated heterocycles. The number of benzene rings is 2. The molecule has 1 fully saturated rings. The highest BCUT2D eigenvalue weighted by Gasteiger charge is 2.18. The molecule has 0 unspecified atom stereocenters. The van der Waals surface area contributed by atoms with Gasteiger partial charge in [0.15, 0.2) is 0 Å². The van der Waals surface area contributed by atoms with E-state index in [1.807, 2.05) is 42.5 Å². The van der Waals surface area contributed by atoms with E-state index in [0.29, 0.717) is 13.2 Å². The fourth-order valence-electron chi connectivity index (χ4n) is 3.56. The minimum Gasteiger partial charge on any atom is -0.491 e. The molecule has 2 aromatic carbocycles. The molecule has 1 aliphatic rings. The minimum absolute atomic E-state index is 0.310. The largest absolute Gasteiger partial charge is 0.491 e. The minimum atomic E-state index is -0.481. The lowest BCUT2D eigenvalue weighted by atomic mass is 10.2. The molecule has 0 aliphatic carbocycles. The van der Waals surface area contributed by atoms with E-state index in [4.69, 9.17) is 16.3 Å². The number of likely N-dealkylation sites (N-methyl/N-ethyl adjacent to an activating group) is 1. The Labute approximate surface area is 179 Å². The quantitative estimate of drug-likeness (QED) is 0.622. The van der Waals surface area contributed by atoms with Crippen LogP contribution < -0.4 is 10.1 Å². The monoisotopic (exact) mass is 417 g/mol. The van der Waals surface area contributed by atoms with E-state index < -0.39 is 6.10 Å². The summed E-state index contributed by atoms with van der Waals surface area (Å²) in [4.78, 5) is 4.75. The van der Waals surface area contributed by atoms with Crippen LogP contribution in [-0.4, -0.2) is 66.9 Å². The van der Waals surface area contributed by atoms with Crippen molar-refractivity contribution < 1.29 is 9.84 Å². The lowest BCUT2D eigenvalue weighted by Gasteiger charge is -2.34. The van der Waals surface area contributed by atoms with Gasteiger partial charge < -0.3 is 20.1 Å². The zero-order valence-corrected chi connectivity index (χ0v) is 17.9. The van der Waals surface area contributed by atoms with Crippen molar-refractivity contribution in [2.24, 2.45) is 0 Å². The number of rotatable bonds is 10. The molecule has 0 saturated carbocycles. The molecule has 0 radical (unpaired) electrons. The molecule has 0 bridgehead atoms. The number of β-amino-alcohol motifs (C(OH)–C–C–N with tert-alkyl or cyclic N) is 1. The molecule has 1 aliphatic heterocycles. The van der Waals surface area contributed by atoms with Gasteiger partial charge in [0.05, 0.1) is 0 Å². The Bertz CT molecular complexity index is 750. The van der Waals surface area contributed by atoms with Gasteiger partial charge in [0.25, 0.3) is 0 Å². The molecule has 29 heavy (non-hydrogen) atoms. The van der Waals surface area contributed by atoms with Crippen molar-refractivity contribution in [2.75, 3.05) is 45.9 Å². The molecule has 3 rings (SSSR count). The second-order valence-corrected chi connectivity index (χ2v) is 7.95. The third kappa shape index (κ3) is 7.28. The molecule has 0 spiro atoms. The molecule has 0 amide bonds. The van der Waals surface area contributed by atoms with E-state index in [1.54, 1.807) is 0 Å². The predicted octanol–water partition coefficient (Wildman–Crippen LogP) is 3.01. The van der Waals surface area contributed by atoms with Gasteiger partial charge in [-0.25, -0.2) is 0 Å². The number of aliphatic hydroxyl groups excluding tert-OH is 1. The SMILES string of the molecule is CCN1CCN(C[C@@H](O)COc2cccc(CNCc3ccccc3Cl)c2)CC1. The van der Waals surface area contributed by atoms with Crippen LogP contribution in [0.1, 0.15) is 18.1 Å². The number of hydrogen-bond acceptors (Lipinski definition) is 5. The van der Waals surface area contributed by atoms with Crippen molar-refractivity contribution in [3.63, 3.8) is 0 Å². The van der Waals surface area contributed by atoms with Gasteiger partial charge in [-0.05, 0) is 35.9 Å². The Kier molecular flexibility index (Phi) is 8.77. The number of nitrogens with one attached hydrogen (secondary N) is 1. The van der Waals surface area contributed by atoms with Crippen LogP contribution in [-0.2, 0) is 13.1 Å². The van der Waals surface area contributed by atoms with E-state index in [0.717, 1.165) is 67.7 Å². The van der Waals surface area contributed by atoms with Crippen LogP contribution in [0.4, 0.5) is 0 Å². The average Bonchev–Trinajstić information content (AvgIpc) is 2.74. The third-order valence-corrected chi connectivity index (χ3v) is 5.69. The van der Waals surface area contributed by atoms with Crippen LogP contribution in [0.2, 0.25) is 5.02 Å². The molecular formula is C23H32ClN3O2. The van der Waals surface area contributed by atoms with Crippen molar-refractivity contribution in [1.29, 1.82) is 0 Å². The summed E-state index contributed by atoms with van der Waals surface area (Å²) in [6.45, 7) is 9.89. The molecule has 5 nitrogen and oxygen atoms in total. The lowest BCUT2D eigenvalue weighted by Crippen LogP contribution is -2.49. The highest BCUT2D eigenvalue weighted by atomic mass is 35.5. The number of halogens is 1. The highest BCUT2D eigenvalue weighted by molar-refractivity contribution is 6.31. The van der Waals surface area contributed by atoms with Gasteiger partial charge in [-0.15, -0.1) is 0 Å². The van der Waals surface area contributed by atoms with Crippen molar-refractivity contribution in [2.45, 2.75) is 26.1 Å². The first kappa shape index (κ1) is 22.1. The van der Waals surface area contributed by atoms with E-state index in [9.17, 15) is 5.11 Å². The van der Waals surface area contributed by atoms with Crippen LogP contribution in [0.15, 0.2) is 48.5 Å². The Hall–Kier alpha value is -1.63. The smallest absolute Gasteiger partial charge is 0.119 e. The zero-order chi connectivity index (χ0) is 20.5. The van der Waals surface area contributed by atoms with Gasteiger partial charge in [-0.1, -0.05) is 48.9 Å². The molecule has 2 aromatic rings. The fraction of sp³-hybridized carbons (Fsp3) is 0.478. The Morgan fingerprint density at radius 2 is 1.79 bits per heavy atom. The van der Waals surface area contributed by atoms with E-state index in [-0.39, 0.29) is 0 Å². The topological polar surface area (TPSA) is 48.0 Å². The number of hydrogen-bond donors (Lipinski definition) is 2. The number of piperazine rings is 1. The van der Waals surface area contributed by atoms with Gasteiger partial charge in [-0.2, -0.15) is 0 Å². The molecule has 158 valence electrons. The second kappa shape index (κ2) is 11.5. The average molecular weight is 418 g/mol. The van der Waals surface area contributed by atoms with E-state index in [2.05, 4.69) is 28.1 Å². The third-order valence-electron chi connectivity index (χ3n) is 5.32. The van der Waals surface area contributed by atoms with Crippen LogP contribution in [0.5, 0.6) is 5.75 Å². The summed E-state index contributed by atoms with van der Waals surface area (Å²) in [5.41, 5.74) is 2.23. The Morgan fingerprint density at radius 1 is 1.03 bits per heavy atom. The van der Waals surface area contributed by atoms with Crippen molar-refractivity contribution in [3.05, 3.63) is 64.7 Å². The van der Waals surface area contributed by atoms with E-state index in [1.165, 1.54) is 0 Å². The maximum absolute atomic E-state index is 10.3. The Balaban J connectivity index is 1.39. The van der Waals surface area contributed by atoms with Gasteiger partial charge in [-0.3, -0.25) is 4.90 Å². The van der Waals surface area contributed by atoms with Crippen LogP contribution in [0.3, 0.4) is 0 Å². The molecule has 1 heterocycles. The second-order valence-electron chi connectivity index (χ2n) is 7.54. The summed E-state index contributed by atoms with van der Waals surface area (Å²) in [7, 11) is 0. The highest BCUT2D eigenvalue weighted by Crippen LogP contribution is 2.16. The summed E-state index contributed by atoms with van der Waals surface area (Å²) < 4.78 is 5.84. The summed E-state index contributed by atoms with van der Waals surface area (Å²) in [6.07, 6.45) is -0.481. The van der Waals surface area contributed by atoms with Gasteiger partial charge in [0.2, 0.25) is 0 Å². The maximum Gasteiger partial charge on any atom is 0.119 e. The summed E-state index contributed by atoms with van der Waals surface area (Å²) in [6, 6.07) is 15.9. The fourth-order valence-corrected chi connectivity index (χ4v) is 3.76. The number of ether oxygens (including phenoxy) is 1. The Morgan fingerprint density at radius 3 is 2.55 bits per heavy atom. The predicted molar refractivity (Wildman–Crippen MR) is 118 cm³/mol. The van der Waals surface area contributed by atoms with Gasteiger partial charge in [0, 0.05) is 50.8 Å². The van der Waals surface area contributed by atoms with Crippen molar-refractivity contribution in [1.82, 2.24) is 15.1 Å². The van der Waals surface area contributed by atoms with Crippen molar-refractivity contribution >= 4 is 11.6 Å². The summed E-state index contributed by atoms with van der Waals surface area (Å²) >= 11 is 6.20. The van der Waals surface area contributed by atoms with Gasteiger partial charge in [0.1, 0.15) is 18.5 Å².